The van der Waals surface area contributed by atoms with Crippen LogP contribution in [0.1, 0.15) is 25.0 Å². The Bertz CT molecular complexity index is 3040. The molecule has 278 valence electrons. The minimum absolute atomic E-state index is 0.0378. The van der Waals surface area contributed by atoms with Crippen LogP contribution >= 0.6 is 0 Å². The second-order valence-corrected chi connectivity index (χ2v) is 16.5. The Morgan fingerprint density at radius 1 is 0.390 bits per heavy atom. The fourth-order valence-electron chi connectivity index (χ4n) is 9.79. The summed E-state index contributed by atoms with van der Waals surface area (Å²) in [4.78, 5) is 2.37. The minimum Gasteiger partial charge on any atom is -0.458 e. The highest BCUT2D eigenvalue weighted by atomic mass is 16.5. The fourth-order valence-corrected chi connectivity index (χ4v) is 9.79. The number of para-hydroxylation sites is 1. The third-order valence-corrected chi connectivity index (χ3v) is 12.8. The van der Waals surface area contributed by atoms with E-state index in [1.807, 2.05) is 6.07 Å². The lowest BCUT2D eigenvalue weighted by Crippen LogP contribution is -2.57. The summed E-state index contributed by atoms with van der Waals surface area (Å²) < 4.78 is 13.2. The molecular weight excluding hydrogens is 717 g/mol. The normalized spacial score (nSPS) is 13.6. The van der Waals surface area contributed by atoms with Crippen LogP contribution in [0.5, 0.6) is 23.0 Å². The summed E-state index contributed by atoms with van der Waals surface area (Å²) >= 11 is 0. The number of anilines is 3. The zero-order chi connectivity index (χ0) is 39.2. The van der Waals surface area contributed by atoms with E-state index in [1.54, 1.807) is 0 Å². The SMILES string of the molecule is CC1(C)c2cc3c(cc2-c2cc4ccc(N(c5ccc(-c6ccccc6)cc5)c5ccc(-c6ccccc6)cc5)cc4cc21)Oc1cccc2c1B3c1ccccc1O2. The number of hydrogen-bond acceptors (Lipinski definition) is 3. The molecule has 59 heavy (non-hydrogen) atoms. The van der Waals surface area contributed by atoms with Crippen molar-refractivity contribution >= 4 is 50.9 Å². The first kappa shape index (κ1) is 33.8. The van der Waals surface area contributed by atoms with E-state index in [4.69, 9.17) is 9.47 Å². The molecule has 3 aliphatic rings. The molecule has 9 aromatic rings. The molecule has 0 amide bonds. The van der Waals surface area contributed by atoms with Crippen LogP contribution in [0.25, 0.3) is 44.2 Å². The van der Waals surface area contributed by atoms with Crippen LogP contribution in [0.3, 0.4) is 0 Å². The van der Waals surface area contributed by atoms with E-state index >= 15 is 0 Å². The quantitative estimate of drug-likeness (QED) is 0.163. The summed E-state index contributed by atoms with van der Waals surface area (Å²) in [6.45, 7) is 4.78. The molecule has 9 aromatic carbocycles. The maximum absolute atomic E-state index is 6.74. The molecule has 0 spiro atoms. The first-order valence-corrected chi connectivity index (χ1v) is 20.4. The van der Waals surface area contributed by atoms with Gasteiger partial charge in [0, 0.05) is 27.9 Å². The van der Waals surface area contributed by atoms with Crippen molar-refractivity contribution in [1.82, 2.24) is 0 Å². The first-order valence-electron chi connectivity index (χ1n) is 20.4. The van der Waals surface area contributed by atoms with E-state index in [1.165, 1.54) is 66.2 Å². The van der Waals surface area contributed by atoms with Crippen molar-refractivity contribution in [2.45, 2.75) is 19.3 Å². The van der Waals surface area contributed by atoms with Crippen LogP contribution in [0.2, 0.25) is 0 Å². The molecule has 0 saturated heterocycles. The van der Waals surface area contributed by atoms with Crippen molar-refractivity contribution < 1.29 is 9.47 Å². The van der Waals surface area contributed by atoms with Crippen molar-refractivity contribution in [1.29, 1.82) is 0 Å². The highest BCUT2D eigenvalue weighted by Gasteiger charge is 2.43. The predicted octanol–water partition coefficient (Wildman–Crippen LogP) is 12.7. The van der Waals surface area contributed by atoms with E-state index in [9.17, 15) is 0 Å². The summed E-state index contributed by atoms with van der Waals surface area (Å²) in [5.41, 5.74) is 16.6. The third-order valence-electron chi connectivity index (χ3n) is 12.8. The van der Waals surface area contributed by atoms with Crippen LogP contribution in [0.15, 0.2) is 194 Å². The maximum Gasteiger partial charge on any atom is 0.260 e. The van der Waals surface area contributed by atoms with Gasteiger partial charge in [-0.1, -0.05) is 135 Å². The van der Waals surface area contributed by atoms with Gasteiger partial charge in [0.15, 0.2) is 0 Å². The standard InChI is InChI=1S/C55H38BNO2/c1-55(2)46-32-40-30-43(57(41-25-20-37(21-26-41)35-12-5-3-6-13-35)42-27-22-38(23-28-42)36-14-7-4-8-15-36)29-24-39(40)31-44(46)45-33-53-49(34-47(45)55)56-48-16-9-10-17-50(48)58-51-18-11-19-52(59-53)54(51)56/h3-34H,1-2H3. The number of rotatable bonds is 5. The van der Waals surface area contributed by atoms with E-state index in [0.717, 1.165) is 45.5 Å². The molecule has 0 N–H and O–H groups in total. The van der Waals surface area contributed by atoms with Crippen molar-refractivity contribution in [3.63, 3.8) is 0 Å². The monoisotopic (exact) mass is 755 g/mol. The lowest BCUT2D eigenvalue weighted by atomic mass is 9.34. The van der Waals surface area contributed by atoms with Gasteiger partial charge in [-0.15, -0.1) is 0 Å². The Morgan fingerprint density at radius 3 is 1.58 bits per heavy atom. The van der Waals surface area contributed by atoms with Crippen molar-refractivity contribution in [2.75, 3.05) is 4.90 Å². The Morgan fingerprint density at radius 2 is 0.915 bits per heavy atom. The zero-order valence-corrected chi connectivity index (χ0v) is 32.8. The minimum atomic E-state index is -0.228. The maximum atomic E-state index is 6.74. The summed E-state index contributed by atoms with van der Waals surface area (Å²) in [5, 5.41) is 2.42. The molecule has 0 saturated carbocycles. The Balaban J connectivity index is 0.967. The number of nitrogens with zero attached hydrogens (tertiary/aromatic N) is 1. The second-order valence-electron chi connectivity index (χ2n) is 16.5. The molecule has 0 atom stereocenters. The average Bonchev–Trinajstić information content (AvgIpc) is 3.49. The van der Waals surface area contributed by atoms with Gasteiger partial charge in [0.05, 0.1) is 0 Å². The molecular formula is C55H38BNO2. The highest BCUT2D eigenvalue weighted by Crippen LogP contribution is 2.52. The number of hydrogen-bond donors (Lipinski definition) is 0. The molecule has 0 unspecified atom stereocenters. The number of benzene rings is 9. The lowest BCUT2D eigenvalue weighted by Gasteiger charge is -2.33. The van der Waals surface area contributed by atoms with Gasteiger partial charge < -0.3 is 14.4 Å². The Labute approximate surface area is 344 Å². The number of ether oxygens (including phenoxy) is 2. The van der Waals surface area contributed by atoms with Crippen molar-refractivity contribution in [2.24, 2.45) is 0 Å². The van der Waals surface area contributed by atoms with Gasteiger partial charge in [-0.05, 0) is 139 Å². The fraction of sp³-hybridized carbons (Fsp3) is 0.0545. The first-order chi connectivity index (χ1) is 29.0. The van der Waals surface area contributed by atoms with Gasteiger partial charge >= 0.3 is 0 Å². The van der Waals surface area contributed by atoms with Crippen LogP contribution in [0, 0.1) is 0 Å². The largest absolute Gasteiger partial charge is 0.458 e. The molecule has 2 heterocycles. The third kappa shape index (κ3) is 5.30. The molecule has 0 aromatic heterocycles. The molecule has 4 heteroatoms. The second kappa shape index (κ2) is 12.9. The highest BCUT2D eigenvalue weighted by molar-refractivity contribution is 6.98. The molecule has 3 nitrogen and oxygen atoms in total. The molecule has 2 aliphatic heterocycles. The molecule has 0 fully saturated rings. The van der Waals surface area contributed by atoms with E-state index in [2.05, 4.69) is 207 Å². The van der Waals surface area contributed by atoms with Crippen LogP contribution in [-0.4, -0.2) is 6.71 Å². The van der Waals surface area contributed by atoms with Crippen molar-refractivity contribution in [3.05, 3.63) is 205 Å². The summed E-state index contributed by atoms with van der Waals surface area (Å²) in [6.07, 6.45) is 0. The van der Waals surface area contributed by atoms with E-state index in [-0.39, 0.29) is 12.1 Å². The van der Waals surface area contributed by atoms with Gasteiger partial charge in [0.1, 0.15) is 23.0 Å². The molecule has 12 rings (SSSR count). The van der Waals surface area contributed by atoms with E-state index < -0.39 is 0 Å². The molecule has 0 radical (unpaired) electrons. The zero-order valence-electron chi connectivity index (χ0n) is 32.8. The summed E-state index contributed by atoms with van der Waals surface area (Å²) in [5.74, 6) is 3.57. The van der Waals surface area contributed by atoms with Gasteiger partial charge in [0.2, 0.25) is 0 Å². The molecule has 1 aliphatic carbocycles. The van der Waals surface area contributed by atoms with E-state index in [0.29, 0.717) is 0 Å². The van der Waals surface area contributed by atoms with Crippen LogP contribution in [0.4, 0.5) is 17.1 Å². The lowest BCUT2D eigenvalue weighted by molar-refractivity contribution is 0.464. The number of fused-ring (bicyclic) bond motifs is 8. The Hall–Kier alpha value is -7.30. The van der Waals surface area contributed by atoms with Gasteiger partial charge in [-0.2, -0.15) is 0 Å². The summed E-state index contributed by atoms with van der Waals surface area (Å²) in [6, 6.07) is 70.1. The van der Waals surface area contributed by atoms with Gasteiger partial charge in [-0.25, -0.2) is 0 Å². The Kier molecular flexibility index (Phi) is 7.37. The predicted molar refractivity (Wildman–Crippen MR) is 245 cm³/mol. The topological polar surface area (TPSA) is 21.7 Å². The van der Waals surface area contributed by atoms with Crippen molar-refractivity contribution in [3.8, 4) is 56.4 Å². The van der Waals surface area contributed by atoms with Crippen LogP contribution < -0.4 is 30.8 Å². The van der Waals surface area contributed by atoms with Gasteiger partial charge in [0.25, 0.3) is 6.71 Å². The van der Waals surface area contributed by atoms with Crippen LogP contribution in [-0.2, 0) is 5.41 Å². The smallest absolute Gasteiger partial charge is 0.260 e. The average molecular weight is 756 g/mol. The summed E-state index contributed by atoms with van der Waals surface area (Å²) in [7, 11) is 0. The molecule has 0 bridgehead atoms. The van der Waals surface area contributed by atoms with Gasteiger partial charge in [-0.3, -0.25) is 0 Å².